The van der Waals surface area contributed by atoms with Gasteiger partial charge in [0.05, 0.1) is 11.9 Å². The molecule has 1 aliphatic heterocycles. The van der Waals surface area contributed by atoms with E-state index < -0.39 is 10.3 Å². The molecule has 1 aromatic carbocycles. The molecular weight excluding hydrogens is 374 g/mol. The van der Waals surface area contributed by atoms with Gasteiger partial charge in [-0.05, 0) is 37.1 Å². The summed E-state index contributed by atoms with van der Waals surface area (Å²) in [6.45, 7) is 0.999. The Morgan fingerprint density at radius 3 is 2.65 bits per heavy atom. The highest BCUT2D eigenvalue weighted by Crippen LogP contribution is 2.30. The highest BCUT2D eigenvalue weighted by Gasteiger charge is 2.27. The summed E-state index contributed by atoms with van der Waals surface area (Å²) in [7, 11) is -1.85. The van der Waals surface area contributed by atoms with Gasteiger partial charge in [-0.25, -0.2) is 0 Å². The van der Waals surface area contributed by atoms with Crippen LogP contribution in [0.4, 0.5) is 0 Å². The Kier molecular flexibility index (Phi) is 4.38. The molecule has 3 heterocycles. The fourth-order valence-electron chi connectivity index (χ4n) is 3.27. The Morgan fingerprint density at radius 1 is 1.12 bits per heavy atom. The number of rotatable bonds is 4. The van der Waals surface area contributed by atoms with Crippen LogP contribution in [0.5, 0.6) is 5.75 Å². The lowest BCUT2D eigenvalue weighted by Gasteiger charge is -2.15. The Balaban J connectivity index is 1.69. The summed E-state index contributed by atoms with van der Waals surface area (Å²) >= 11 is 6.09. The van der Waals surface area contributed by atoms with Crippen molar-refractivity contribution in [1.29, 1.82) is 0 Å². The summed E-state index contributed by atoms with van der Waals surface area (Å²) in [4.78, 5) is 4.15. The molecule has 0 amide bonds. The van der Waals surface area contributed by atoms with Gasteiger partial charge in [0.25, 0.3) is 0 Å². The number of nitrogens with zero attached hydrogens (tertiary/aromatic N) is 3. The van der Waals surface area contributed by atoms with Crippen LogP contribution in [0.15, 0.2) is 42.7 Å². The molecule has 3 aromatic rings. The van der Waals surface area contributed by atoms with Gasteiger partial charge in [-0.15, -0.1) is 0 Å². The molecule has 4 rings (SSSR count). The number of pyridine rings is 1. The lowest BCUT2D eigenvalue weighted by molar-refractivity contribution is 0.395. The van der Waals surface area contributed by atoms with Gasteiger partial charge in [-0.1, -0.05) is 17.7 Å². The molecule has 0 saturated carbocycles. The third-order valence-electron chi connectivity index (χ3n) is 4.60. The molecule has 8 heteroatoms. The van der Waals surface area contributed by atoms with Crippen molar-refractivity contribution in [3.05, 3.63) is 47.7 Å². The standard InChI is InChI=1S/C18H18ClN3O3S/c1-21-17(9-13-4-5-15(19)10-18(13)21)14-8-16(12-20-11-14)25-26(23,24)22-6-2-3-7-22/h4-5,8-12H,2-3,6-7H2,1H3. The second-order valence-electron chi connectivity index (χ2n) is 6.35. The zero-order valence-electron chi connectivity index (χ0n) is 14.2. The van der Waals surface area contributed by atoms with Crippen LogP contribution in [0.25, 0.3) is 22.2 Å². The zero-order chi connectivity index (χ0) is 18.3. The molecule has 6 nitrogen and oxygen atoms in total. The first-order chi connectivity index (χ1) is 12.4. The van der Waals surface area contributed by atoms with Crippen LogP contribution >= 0.6 is 11.6 Å². The average Bonchev–Trinajstić information content (AvgIpc) is 3.24. The van der Waals surface area contributed by atoms with Gasteiger partial charge >= 0.3 is 10.3 Å². The predicted octanol–water partition coefficient (Wildman–Crippen LogP) is 3.61. The third kappa shape index (κ3) is 3.18. The van der Waals surface area contributed by atoms with E-state index in [2.05, 4.69) is 4.98 Å². The Labute approximate surface area is 157 Å². The van der Waals surface area contributed by atoms with E-state index in [9.17, 15) is 8.42 Å². The van der Waals surface area contributed by atoms with Crippen molar-refractivity contribution >= 4 is 32.8 Å². The normalized spacial score (nSPS) is 15.6. The molecule has 2 aromatic heterocycles. The fraction of sp³-hybridized carbons (Fsp3) is 0.278. The first-order valence-corrected chi connectivity index (χ1v) is 10.1. The summed E-state index contributed by atoms with van der Waals surface area (Å²) < 4.78 is 33.3. The minimum absolute atomic E-state index is 0.206. The minimum Gasteiger partial charge on any atom is -0.369 e. The molecule has 0 spiro atoms. The van der Waals surface area contributed by atoms with E-state index in [1.165, 1.54) is 10.5 Å². The van der Waals surface area contributed by atoms with Gasteiger partial charge in [0.2, 0.25) is 0 Å². The van der Waals surface area contributed by atoms with Crippen molar-refractivity contribution in [2.75, 3.05) is 13.1 Å². The fourth-order valence-corrected chi connectivity index (χ4v) is 4.58. The molecule has 0 unspecified atom stereocenters. The highest BCUT2D eigenvalue weighted by atomic mass is 35.5. The van der Waals surface area contributed by atoms with E-state index in [4.69, 9.17) is 15.8 Å². The van der Waals surface area contributed by atoms with Crippen LogP contribution in [0.2, 0.25) is 5.02 Å². The molecule has 0 bridgehead atoms. The minimum atomic E-state index is -3.78. The van der Waals surface area contributed by atoms with Crippen molar-refractivity contribution in [3.63, 3.8) is 0 Å². The molecule has 26 heavy (non-hydrogen) atoms. The lowest BCUT2D eigenvalue weighted by Crippen LogP contribution is -2.31. The molecule has 1 fully saturated rings. The van der Waals surface area contributed by atoms with Crippen LogP contribution in [-0.4, -0.2) is 35.4 Å². The summed E-state index contributed by atoms with van der Waals surface area (Å²) in [6, 6.07) is 9.39. The van der Waals surface area contributed by atoms with Gasteiger partial charge in [0, 0.05) is 47.8 Å². The first-order valence-electron chi connectivity index (χ1n) is 8.34. The molecule has 1 aliphatic rings. The molecule has 0 aliphatic carbocycles. The number of halogens is 1. The Hall–Kier alpha value is -2.09. The van der Waals surface area contributed by atoms with Crippen molar-refractivity contribution in [1.82, 2.24) is 13.9 Å². The van der Waals surface area contributed by atoms with Gasteiger partial charge in [-0.3, -0.25) is 4.98 Å². The average molecular weight is 392 g/mol. The van der Waals surface area contributed by atoms with Crippen LogP contribution in [0.3, 0.4) is 0 Å². The van der Waals surface area contributed by atoms with Crippen LogP contribution in [0.1, 0.15) is 12.8 Å². The maximum atomic E-state index is 12.4. The Bertz CT molecular complexity index is 1070. The molecule has 0 radical (unpaired) electrons. The molecule has 1 saturated heterocycles. The summed E-state index contributed by atoms with van der Waals surface area (Å²) in [5.74, 6) is 0.206. The second-order valence-corrected chi connectivity index (χ2v) is 8.32. The number of hydrogen-bond acceptors (Lipinski definition) is 4. The van der Waals surface area contributed by atoms with Gasteiger partial charge in [0.1, 0.15) is 0 Å². The first kappa shape index (κ1) is 17.3. The smallest absolute Gasteiger partial charge is 0.369 e. The predicted molar refractivity (Wildman–Crippen MR) is 102 cm³/mol. The summed E-state index contributed by atoms with van der Waals surface area (Å²) in [5, 5.41) is 1.71. The largest absolute Gasteiger partial charge is 0.385 e. The molecular formula is C18H18ClN3O3S. The van der Waals surface area contributed by atoms with E-state index in [-0.39, 0.29) is 5.75 Å². The SMILES string of the molecule is Cn1c(-c2cncc(OS(=O)(=O)N3CCCC3)c2)cc2ccc(Cl)cc21. The van der Waals surface area contributed by atoms with E-state index in [1.807, 2.05) is 35.9 Å². The second kappa shape index (κ2) is 6.57. The third-order valence-corrected chi connectivity index (χ3v) is 6.23. The number of aryl methyl sites for hydroxylation is 1. The van der Waals surface area contributed by atoms with Gasteiger partial charge < -0.3 is 8.75 Å². The van der Waals surface area contributed by atoms with Gasteiger partial charge in [-0.2, -0.15) is 12.7 Å². The van der Waals surface area contributed by atoms with Crippen molar-refractivity contribution in [2.24, 2.45) is 7.05 Å². The topological polar surface area (TPSA) is 64.4 Å². The number of aromatic nitrogens is 2. The maximum absolute atomic E-state index is 12.4. The molecule has 0 N–H and O–H groups in total. The molecule has 0 atom stereocenters. The van der Waals surface area contributed by atoms with Crippen LogP contribution < -0.4 is 4.18 Å². The van der Waals surface area contributed by atoms with E-state index in [0.29, 0.717) is 18.1 Å². The number of hydrogen-bond donors (Lipinski definition) is 0. The van der Waals surface area contributed by atoms with Crippen LogP contribution in [-0.2, 0) is 17.4 Å². The number of benzene rings is 1. The summed E-state index contributed by atoms with van der Waals surface area (Å²) in [5.41, 5.74) is 2.66. The molecule has 136 valence electrons. The monoisotopic (exact) mass is 391 g/mol. The number of fused-ring (bicyclic) bond motifs is 1. The summed E-state index contributed by atoms with van der Waals surface area (Å²) in [6.07, 6.45) is 4.82. The van der Waals surface area contributed by atoms with E-state index in [1.54, 1.807) is 12.3 Å². The van der Waals surface area contributed by atoms with E-state index >= 15 is 0 Å². The zero-order valence-corrected chi connectivity index (χ0v) is 15.8. The van der Waals surface area contributed by atoms with Crippen LogP contribution in [0, 0.1) is 0 Å². The highest BCUT2D eigenvalue weighted by molar-refractivity contribution is 7.84. The maximum Gasteiger partial charge on any atom is 0.385 e. The lowest BCUT2D eigenvalue weighted by atomic mass is 10.2. The van der Waals surface area contributed by atoms with E-state index in [0.717, 1.165) is 35.0 Å². The van der Waals surface area contributed by atoms with Gasteiger partial charge in [0.15, 0.2) is 5.75 Å². The quantitative estimate of drug-likeness (QED) is 0.681. The van der Waals surface area contributed by atoms with Crippen molar-refractivity contribution < 1.29 is 12.6 Å². The Morgan fingerprint density at radius 2 is 1.88 bits per heavy atom. The van der Waals surface area contributed by atoms with Crippen molar-refractivity contribution in [3.8, 4) is 17.0 Å². The van der Waals surface area contributed by atoms with Crippen molar-refractivity contribution in [2.45, 2.75) is 12.8 Å².